The molecule has 0 radical (unpaired) electrons. The molecule has 8 nitrogen and oxygen atoms in total. The highest BCUT2D eigenvalue weighted by Crippen LogP contribution is 2.34. The predicted molar refractivity (Wildman–Crippen MR) is 118 cm³/mol. The molecular formula is C23H24N6O2. The zero-order chi connectivity index (χ0) is 21.0. The molecule has 0 amide bonds. The van der Waals surface area contributed by atoms with Crippen LogP contribution in [0.2, 0.25) is 0 Å². The first kappa shape index (κ1) is 19.6. The van der Waals surface area contributed by atoms with Crippen molar-refractivity contribution in [3.8, 4) is 11.1 Å². The van der Waals surface area contributed by atoms with Crippen LogP contribution < -0.4 is 16.2 Å². The van der Waals surface area contributed by atoms with Crippen molar-refractivity contribution in [2.75, 3.05) is 18.2 Å². The minimum absolute atomic E-state index is 0.118. The van der Waals surface area contributed by atoms with Gasteiger partial charge < -0.3 is 0 Å². The van der Waals surface area contributed by atoms with Gasteiger partial charge in [0.25, 0.3) is 5.56 Å². The minimum atomic E-state index is -0.118. The lowest BCUT2D eigenvalue weighted by Gasteiger charge is -2.20. The SMILES string of the molecule is O=c1ccc(C2=CCCC2)nn1CCONN1CCc2c(-c3ccnnc3)cccc21. The molecule has 158 valence electrons. The van der Waals surface area contributed by atoms with Crippen LogP contribution in [0.4, 0.5) is 5.69 Å². The number of hydrogen-bond acceptors (Lipinski definition) is 7. The number of rotatable bonds is 7. The zero-order valence-corrected chi connectivity index (χ0v) is 17.2. The van der Waals surface area contributed by atoms with Crippen LogP contribution in [-0.4, -0.2) is 33.1 Å². The number of nitrogens with zero attached hydrogens (tertiary/aromatic N) is 5. The number of allylic oxidation sites excluding steroid dienone is 2. The number of nitrogens with one attached hydrogen (secondary N) is 1. The highest BCUT2D eigenvalue weighted by molar-refractivity contribution is 5.75. The normalized spacial score (nSPS) is 15.2. The summed E-state index contributed by atoms with van der Waals surface area (Å²) in [6.07, 6.45) is 9.85. The van der Waals surface area contributed by atoms with E-state index in [-0.39, 0.29) is 5.56 Å². The third kappa shape index (κ3) is 4.12. The molecule has 2 aromatic heterocycles. The van der Waals surface area contributed by atoms with Gasteiger partial charge in [-0.1, -0.05) is 18.2 Å². The molecule has 1 aliphatic heterocycles. The van der Waals surface area contributed by atoms with Crippen LogP contribution in [0.1, 0.15) is 30.5 Å². The molecular weight excluding hydrogens is 392 g/mol. The maximum absolute atomic E-state index is 12.2. The first-order chi connectivity index (χ1) is 15.3. The van der Waals surface area contributed by atoms with Crippen molar-refractivity contribution in [1.82, 2.24) is 25.6 Å². The van der Waals surface area contributed by atoms with E-state index in [1.807, 2.05) is 23.2 Å². The molecule has 0 bridgehead atoms. The number of hydrogen-bond donors (Lipinski definition) is 1. The molecule has 0 saturated heterocycles. The Balaban J connectivity index is 1.22. The van der Waals surface area contributed by atoms with Gasteiger partial charge in [-0.15, -0.1) is 5.59 Å². The molecule has 3 heterocycles. The van der Waals surface area contributed by atoms with Gasteiger partial charge >= 0.3 is 0 Å². The van der Waals surface area contributed by atoms with Gasteiger partial charge in [0.1, 0.15) is 0 Å². The fourth-order valence-electron chi connectivity index (χ4n) is 4.19. The fourth-order valence-corrected chi connectivity index (χ4v) is 4.19. The van der Waals surface area contributed by atoms with E-state index in [0.717, 1.165) is 54.7 Å². The maximum atomic E-state index is 12.2. The molecule has 8 heteroatoms. The van der Waals surface area contributed by atoms with Gasteiger partial charge in [-0.05, 0) is 60.6 Å². The summed E-state index contributed by atoms with van der Waals surface area (Å²) in [5.41, 5.74) is 9.56. The van der Waals surface area contributed by atoms with E-state index in [9.17, 15) is 4.79 Å². The van der Waals surface area contributed by atoms with Crippen LogP contribution in [0, 0.1) is 0 Å². The molecule has 0 unspecified atom stereocenters. The number of fused-ring (bicyclic) bond motifs is 1. The predicted octanol–water partition coefficient (Wildman–Crippen LogP) is 2.77. The average molecular weight is 416 g/mol. The van der Waals surface area contributed by atoms with E-state index in [1.165, 1.54) is 15.8 Å². The summed E-state index contributed by atoms with van der Waals surface area (Å²) < 4.78 is 1.47. The maximum Gasteiger partial charge on any atom is 0.266 e. The van der Waals surface area contributed by atoms with Crippen LogP contribution in [0.25, 0.3) is 16.7 Å². The molecule has 1 N–H and O–H groups in total. The Bertz CT molecular complexity index is 1160. The summed E-state index contributed by atoms with van der Waals surface area (Å²) in [5, 5.41) is 14.4. The van der Waals surface area contributed by atoms with Crippen molar-refractivity contribution in [2.24, 2.45) is 0 Å². The van der Waals surface area contributed by atoms with Crippen molar-refractivity contribution in [1.29, 1.82) is 0 Å². The number of hydrazine groups is 1. The van der Waals surface area contributed by atoms with Gasteiger partial charge in [0.15, 0.2) is 0 Å². The summed E-state index contributed by atoms with van der Waals surface area (Å²) in [7, 11) is 0. The second-order valence-electron chi connectivity index (χ2n) is 7.68. The van der Waals surface area contributed by atoms with Crippen LogP contribution in [0.5, 0.6) is 0 Å². The molecule has 0 atom stereocenters. The highest BCUT2D eigenvalue weighted by Gasteiger charge is 2.22. The van der Waals surface area contributed by atoms with Crippen molar-refractivity contribution in [2.45, 2.75) is 32.2 Å². The monoisotopic (exact) mass is 416 g/mol. The Morgan fingerprint density at radius 1 is 1.10 bits per heavy atom. The molecule has 5 rings (SSSR count). The van der Waals surface area contributed by atoms with Crippen LogP contribution in [-0.2, 0) is 17.8 Å². The Hall–Kier alpha value is -3.36. The molecule has 31 heavy (non-hydrogen) atoms. The van der Waals surface area contributed by atoms with E-state index in [4.69, 9.17) is 4.84 Å². The van der Waals surface area contributed by atoms with E-state index >= 15 is 0 Å². The zero-order valence-electron chi connectivity index (χ0n) is 17.2. The summed E-state index contributed by atoms with van der Waals surface area (Å²) in [6, 6.07) is 11.6. The van der Waals surface area contributed by atoms with Gasteiger partial charge in [0.2, 0.25) is 0 Å². The third-order valence-electron chi connectivity index (χ3n) is 5.74. The molecule has 0 fully saturated rings. The lowest BCUT2D eigenvalue weighted by Crippen LogP contribution is -2.38. The van der Waals surface area contributed by atoms with Gasteiger partial charge in [-0.2, -0.15) is 15.3 Å². The topological polar surface area (TPSA) is 85.2 Å². The lowest BCUT2D eigenvalue weighted by molar-refractivity contribution is 0.0278. The van der Waals surface area contributed by atoms with Gasteiger partial charge in [0, 0.05) is 18.2 Å². The summed E-state index contributed by atoms with van der Waals surface area (Å²) >= 11 is 0. The van der Waals surface area contributed by atoms with Crippen molar-refractivity contribution >= 4 is 11.3 Å². The molecule has 1 aromatic carbocycles. The van der Waals surface area contributed by atoms with Crippen molar-refractivity contribution in [3.63, 3.8) is 0 Å². The molecule has 2 aliphatic rings. The number of benzene rings is 1. The average Bonchev–Trinajstić information content (AvgIpc) is 3.49. The Kier molecular flexibility index (Phi) is 5.56. The standard InChI is InChI=1S/C23H24N6O2/c30-23-9-8-21(17-4-1-2-5-17)26-29(23)14-15-31-27-28-13-11-20-19(6-3-7-22(20)28)18-10-12-24-25-16-18/h3-4,6-10,12,16,27H,1-2,5,11,13-15H2. The Labute approximate surface area is 180 Å². The largest absolute Gasteiger partial charge is 0.285 e. The van der Waals surface area contributed by atoms with E-state index in [0.29, 0.717) is 13.2 Å². The first-order valence-electron chi connectivity index (χ1n) is 10.6. The first-order valence-corrected chi connectivity index (χ1v) is 10.6. The van der Waals surface area contributed by atoms with Gasteiger partial charge in [-0.25, -0.2) is 4.68 Å². The van der Waals surface area contributed by atoms with Crippen molar-refractivity contribution < 1.29 is 4.84 Å². The molecule has 3 aromatic rings. The second-order valence-corrected chi connectivity index (χ2v) is 7.68. The van der Waals surface area contributed by atoms with E-state index in [1.54, 1.807) is 18.5 Å². The Morgan fingerprint density at radius 3 is 2.90 bits per heavy atom. The van der Waals surface area contributed by atoms with E-state index < -0.39 is 0 Å². The minimum Gasteiger partial charge on any atom is -0.285 e. The summed E-state index contributed by atoms with van der Waals surface area (Å²) in [4.78, 5) is 17.8. The summed E-state index contributed by atoms with van der Waals surface area (Å²) in [6.45, 7) is 1.51. The van der Waals surface area contributed by atoms with E-state index in [2.05, 4.69) is 39.1 Å². The van der Waals surface area contributed by atoms with Gasteiger partial charge in [0.05, 0.1) is 36.9 Å². The third-order valence-corrected chi connectivity index (χ3v) is 5.74. The lowest BCUT2D eigenvalue weighted by atomic mass is 10.00. The number of aromatic nitrogens is 4. The number of anilines is 1. The highest BCUT2D eigenvalue weighted by atomic mass is 16.7. The van der Waals surface area contributed by atoms with Gasteiger partial charge in [-0.3, -0.25) is 14.6 Å². The van der Waals surface area contributed by atoms with Crippen LogP contribution in [0.3, 0.4) is 0 Å². The molecule has 1 aliphatic carbocycles. The quantitative estimate of drug-likeness (QED) is 0.468. The van der Waals surface area contributed by atoms with Crippen LogP contribution in [0.15, 0.2) is 59.7 Å². The fraction of sp³-hybridized carbons (Fsp3) is 0.304. The Morgan fingerprint density at radius 2 is 2.06 bits per heavy atom. The molecule has 0 saturated carbocycles. The van der Waals surface area contributed by atoms with Crippen molar-refractivity contribution in [3.05, 3.63) is 76.5 Å². The smallest absolute Gasteiger partial charge is 0.266 e. The summed E-state index contributed by atoms with van der Waals surface area (Å²) in [5.74, 6) is 0. The van der Waals surface area contributed by atoms with Crippen LogP contribution >= 0.6 is 0 Å². The second kappa shape index (κ2) is 8.79. The molecule has 0 spiro atoms.